The number of hydrogen-bond donors (Lipinski definition) is 2. The lowest BCUT2D eigenvalue weighted by atomic mass is 10.1. The van der Waals surface area contributed by atoms with Crippen LogP contribution in [-0.2, 0) is 13.0 Å². The summed E-state index contributed by atoms with van der Waals surface area (Å²) >= 11 is 1.49. The number of carbonyl (C=O) groups is 1. The molecule has 0 bridgehead atoms. The molecule has 1 aromatic heterocycles. The second-order valence-corrected chi connectivity index (χ2v) is 5.16. The monoisotopic (exact) mass is 275 g/mol. The molecule has 0 radical (unpaired) electrons. The van der Waals surface area contributed by atoms with Gasteiger partial charge in [-0.1, -0.05) is 0 Å². The fourth-order valence-electron chi connectivity index (χ4n) is 2.05. The molecule has 0 atom stereocenters. The van der Waals surface area contributed by atoms with Crippen molar-refractivity contribution in [1.82, 2.24) is 19.6 Å². The lowest BCUT2D eigenvalue weighted by Crippen LogP contribution is -2.39. The standard InChI is InChI=1S/C12H13N5OS/c13-12(18)17-5-3-9-8(7-17)6-14-11(16-9)10-2-1-4-15-19-10/h1-2,4,6,15H,3,5,7H2,(H2,13,18). The summed E-state index contributed by atoms with van der Waals surface area (Å²) in [6.45, 7) is 1.11. The first-order valence-corrected chi connectivity index (χ1v) is 6.74. The van der Waals surface area contributed by atoms with E-state index in [1.54, 1.807) is 11.1 Å². The molecule has 7 heteroatoms. The van der Waals surface area contributed by atoms with E-state index < -0.39 is 6.03 Å². The Balaban J connectivity index is 1.87. The summed E-state index contributed by atoms with van der Waals surface area (Å²) in [7, 11) is 0. The van der Waals surface area contributed by atoms with Gasteiger partial charge < -0.3 is 15.4 Å². The van der Waals surface area contributed by atoms with E-state index in [2.05, 4.69) is 14.7 Å². The lowest BCUT2D eigenvalue weighted by molar-refractivity contribution is 0.201. The first-order valence-electron chi connectivity index (χ1n) is 5.93. The summed E-state index contributed by atoms with van der Waals surface area (Å²) in [5.74, 6) is 0.716. The Morgan fingerprint density at radius 3 is 3.16 bits per heavy atom. The minimum absolute atomic E-state index is 0.394. The molecule has 0 saturated carbocycles. The van der Waals surface area contributed by atoms with Crippen LogP contribution < -0.4 is 10.5 Å². The van der Waals surface area contributed by atoms with Crippen LogP contribution in [0.3, 0.4) is 0 Å². The number of allylic oxidation sites excluding steroid dienone is 2. The van der Waals surface area contributed by atoms with E-state index in [0.717, 1.165) is 22.6 Å². The minimum atomic E-state index is -0.394. The summed E-state index contributed by atoms with van der Waals surface area (Å²) < 4.78 is 3.05. The molecule has 19 heavy (non-hydrogen) atoms. The molecule has 6 nitrogen and oxygen atoms in total. The number of hydrogen-bond acceptors (Lipinski definition) is 5. The smallest absolute Gasteiger partial charge is 0.315 e. The normalized spacial score (nSPS) is 17.5. The summed E-state index contributed by atoms with van der Waals surface area (Å²) in [4.78, 5) is 22.7. The van der Waals surface area contributed by atoms with E-state index in [1.165, 1.54) is 11.9 Å². The van der Waals surface area contributed by atoms with Crippen molar-refractivity contribution < 1.29 is 4.79 Å². The maximum absolute atomic E-state index is 11.2. The number of nitrogens with zero attached hydrogens (tertiary/aromatic N) is 3. The Bertz CT molecular complexity index is 583. The number of nitrogens with one attached hydrogen (secondary N) is 1. The molecule has 3 rings (SSSR count). The second kappa shape index (κ2) is 4.93. The van der Waals surface area contributed by atoms with Crippen molar-refractivity contribution in [1.29, 1.82) is 0 Å². The molecular weight excluding hydrogens is 262 g/mol. The Labute approximate surface area is 114 Å². The zero-order chi connectivity index (χ0) is 13.2. The van der Waals surface area contributed by atoms with E-state index in [9.17, 15) is 4.79 Å². The van der Waals surface area contributed by atoms with Crippen LogP contribution in [0.15, 0.2) is 24.5 Å². The molecule has 2 aliphatic heterocycles. The molecule has 98 valence electrons. The number of primary amides is 1. The maximum Gasteiger partial charge on any atom is 0.315 e. The third-order valence-electron chi connectivity index (χ3n) is 3.05. The number of nitrogens with two attached hydrogens (primary N) is 1. The Hall–Kier alpha value is -2.02. The van der Waals surface area contributed by atoms with Gasteiger partial charge in [-0.3, -0.25) is 0 Å². The van der Waals surface area contributed by atoms with Gasteiger partial charge in [-0.25, -0.2) is 14.8 Å². The van der Waals surface area contributed by atoms with Gasteiger partial charge in [0.2, 0.25) is 0 Å². The molecule has 1 aromatic rings. The highest BCUT2D eigenvalue weighted by Crippen LogP contribution is 2.26. The molecular formula is C12H13N5OS. The topological polar surface area (TPSA) is 84.1 Å². The predicted molar refractivity (Wildman–Crippen MR) is 73.6 cm³/mol. The predicted octanol–water partition coefficient (Wildman–Crippen LogP) is 1.02. The third-order valence-corrected chi connectivity index (χ3v) is 3.84. The first kappa shape index (κ1) is 12.0. The SMILES string of the molecule is NC(=O)N1CCc2nc(C3=CC=CNS3)ncc2C1. The Kier molecular flexibility index (Phi) is 3.12. The van der Waals surface area contributed by atoms with Gasteiger partial charge in [0.15, 0.2) is 5.82 Å². The van der Waals surface area contributed by atoms with E-state index in [0.29, 0.717) is 18.9 Å². The number of carbonyl (C=O) groups excluding carboxylic acids is 1. The maximum atomic E-state index is 11.2. The molecule has 0 saturated heterocycles. The molecule has 0 unspecified atom stereocenters. The molecule has 0 aromatic carbocycles. The zero-order valence-electron chi connectivity index (χ0n) is 10.2. The van der Waals surface area contributed by atoms with Gasteiger partial charge >= 0.3 is 6.03 Å². The van der Waals surface area contributed by atoms with Crippen LogP contribution in [-0.4, -0.2) is 27.4 Å². The van der Waals surface area contributed by atoms with Crippen LogP contribution in [0.2, 0.25) is 0 Å². The quantitative estimate of drug-likeness (QED) is 0.748. The summed E-state index contributed by atoms with van der Waals surface area (Å²) in [5, 5.41) is 0. The Morgan fingerprint density at radius 1 is 1.53 bits per heavy atom. The fraction of sp³-hybridized carbons (Fsp3) is 0.250. The van der Waals surface area contributed by atoms with Crippen molar-refractivity contribution in [2.75, 3.05) is 6.54 Å². The number of fused-ring (bicyclic) bond motifs is 1. The van der Waals surface area contributed by atoms with Crippen molar-refractivity contribution in [3.8, 4) is 0 Å². The highest BCUT2D eigenvalue weighted by atomic mass is 32.2. The molecule has 2 amide bonds. The van der Waals surface area contributed by atoms with E-state index in [4.69, 9.17) is 5.73 Å². The second-order valence-electron chi connectivity index (χ2n) is 4.29. The van der Waals surface area contributed by atoms with Gasteiger partial charge in [-0.2, -0.15) is 0 Å². The Morgan fingerprint density at radius 2 is 2.42 bits per heavy atom. The van der Waals surface area contributed by atoms with Crippen molar-refractivity contribution in [2.45, 2.75) is 13.0 Å². The van der Waals surface area contributed by atoms with Crippen LogP contribution in [0.1, 0.15) is 17.1 Å². The molecule has 0 spiro atoms. The van der Waals surface area contributed by atoms with Crippen molar-refractivity contribution in [3.63, 3.8) is 0 Å². The van der Waals surface area contributed by atoms with Crippen molar-refractivity contribution in [2.24, 2.45) is 5.73 Å². The van der Waals surface area contributed by atoms with Crippen LogP contribution >= 0.6 is 11.9 Å². The van der Waals surface area contributed by atoms with E-state index in [-0.39, 0.29) is 0 Å². The summed E-state index contributed by atoms with van der Waals surface area (Å²) in [5.41, 5.74) is 7.26. The van der Waals surface area contributed by atoms with Gasteiger partial charge in [-0.05, 0) is 24.1 Å². The first-order chi connectivity index (χ1) is 9.24. The summed E-state index contributed by atoms with van der Waals surface area (Å²) in [6.07, 6.45) is 8.25. The number of urea groups is 1. The fourth-order valence-corrected chi connectivity index (χ4v) is 2.66. The third kappa shape index (κ3) is 2.41. The van der Waals surface area contributed by atoms with Crippen LogP contribution in [0.4, 0.5) is 4.79 Å². The molecule has 2 aliphatic rings. The molecule has 0 aliphatic carbocycles. The average Bonchev–Trinajstić information content (AvgIpc) is 2.47. The minimum Gasteiger partial charge on any atom is -0.351 e. The van der Waals surface area contributed by atoms with Crippen LogP contribution in [0.25, 0.3) is 4.91 Å². The van der Waals surface area contributed by atoms with Gasteiger partial charge in [0, 0.05) is 30.9 Å². The molecule has 3 N–H and O–H groups in total. The average molecular weight is 275 g/mol. The van der Waals surface area contributed by atoms with Gasteiger partial charge in [-0.15, -0.1) is 0 Å². The molecule has 0 fully saturated rings. The number of rotatable bonds is 1. The van der Waals surface area contributed by atoms with E-state index >= 15 is 0 Å². The van der Waals surface area contributed by atoms with E-state index in [1.807, 2.05) is 18.4 Å². The van der Waals surface area contributed by atoms with Gasteiger partial charge in [0.05, 0.1) is 17.1 Å². The number of aromatic nitrogens is 2. The van der Waals surface area contributed by atoms with Gasteiger partial charge in [0.25, 0.3) is 0 Å². The molecule has 3 heterocycles. The lowest BCUT2D eigenvalue weighted by Gasteiger charge is -2.26. The highest BCUT2D eigenvalue weighted by molar-refractivity contribution is 8.06. The zero-order valence-corrected chi connectivity index (χ0v) is 11.0. The highest BCUT2D eigenvalue weighted by Gasteiger charge is 2.21. The van der Waals surface area contributed by atoms with Crippen molar-refractivity contribution in [3.05, 3.63) is 41.6 Å². The number of amides is 2. The van der Waals surface area contributed by atoms with Crippen LogP contribution in [0, 0.1) is 0 Å². The van der Waals surface area contributed by atoms with Gasteiger partial charge in [0.1, 0.15) is 0 Å². The van der Waals surface area contributed by atoms with Crippen LogP contribution in [0.5, 0.6) is 0 Å². The van der Waals surface area contributed by atoms with Crippen molar-refractivity contribution >= 4 is 22.9 Å². The summed E-state index contributed by atoms with van der Waals surface area (Å²) in [6, 6.07) is -0.394. The largest absolute Gasteiger partial charge is 0.351 e.